The summed E-state index contributed by atoms with van der Waals surface area (Å²) in [5.74, 6) is -0.329. The second kappa shape index (κ2) is 8.11. The Labute approximate surface area is 121 Å². The van der Waals surface area contributed by atoms with E-state index < -0.39 is 18.6 Å². The Kier molecular flexibility index (Phi) is 7.60. The van der Waals surface area contributed by atoms with Crippen LogP contribution in [0.3, 0.4) is 0 Å². The average molecular weight is 314 g/mol. The lowest BCUT2D eigenvalue weighted by Crippen LogP contribution is -2.34. The highest BCUT2D eigenvalue weighted by molar-refractivity contribution is 5.85. The van der Waals surface area contributed by atoms with Crippen LogP contribution in [0.4, 0.5) is 17.6 Å². The van der Waals surface area contributed by atoms with E-state index in [-0.39, 0.29) is 23.7 Å². The first-order valence-electron chi connectivity index (χ1n) is 5.69. The monoisotopic (exact) mass is 313 g/mol. The Morgan fingerprint density at radius 1 is 1.30 bits per heavy atom. The molecule has 0 bridgehead atoms. The van der Waals surface area contributed by atoms with Gasteiger partial charge in [-0.1, -0.05) is 24.3 Å². The van der Waals surface area contributed by atoms with Gasteiger partial charge in [0.1, 0.15) is 5.75 Å². The highest BCUT2D eigenvalue weighted by atomic mass is 35.5. The molecule has 0 spiro atoms. The lowest BCUT2D eigenvalue weighted by atomic mass is 10.0. The molecule has 2 N–H and O–H groups in total. The van der Waals surface area contributed by atoms with Gasteiger partial charge in [-0.3, -0.25) is 0 Å². The van der Waals surface area contributed by atoms with Crippen LogP contribution in [0.25, 0.3) is 0 Å². The normalized spacial score (nSPS) is 12.7. The number of para-hydroxylation sites is 1. The predicted molar refractivity (Wildman–Crippen MR) is 71.6 cm³/mol. The van der Waals surface area contributed by atoms with Gasteiger partial charge >= 0.3 is 12.5 Å². The minimum atomic E-state index is -4.53. The van der Waals surface area contributed by atoms with Crippen LogP contribution in [0, 0.1) is 0 Å². The maximum absolute atomic E-state index is 12.9. The maximum Gasteiger partial charge on any atom is 0.461 e. The summed E-state index contributed by atoms with van der Waals surface area (Å²) in [4.78, 5) is 0. The number of rotatable bonds is 7. The van der Waals surface area contributed by atoms with Gasteiger partial charge in [-0.05, 0) is 18.9 Å². The van der Waals surface area contributed by atoms with Crippen molar-refractivity contribution in [2.45, 2.75) is 31.4 Å². The quantitative estimate of drug-likeness (QED) is 0.601. The molecule has 7 heteroatoms. The minimum absolute atomic E-state index is 0. The van der Waals surface area contributed by atoms with Crippen molar-refractivity contribution in [1.29, 1.82) is 0 Å². The predicted octanol–water partition coefficient (Wildman–Crippen LogP) is 4.31. The first-order valence-corrected chi connectivity index (χ1v) is 5.69. The number of ether oxygens (including phenoxy) is 1. The van der Waals surface area contributed by atoms with Gasteiger partial charge in [0, 0.05) is 11.6 Å². The molecule has 0 aliphatic rings. The number of nitrogens with two attached hydrogens (primary N) is 1. The molecule has 0 aliphatic heterocycles. The number of allylic oxidation sites excluding steroid dienone is 1. The van der Waals surface area contributed by atoms with Crippen LogP contribution in [0.1, 0.15) is 24.4 Å². The fraction of sp³-hybridized carbons (Fsp3) is 0.385. The van der Waals surface area contributed by atoms with Crippen LogP contribution in [-0.4, -0.2) is 12.5 Å². The van der Waals surface area contributed by atoms with E-state index in [0.29, 0.717) is 12.8 Å². The molecule has 0 unspecified atom stereocenters. The van der Waals surface area contributed by atoms with Gasteiger partial charge in [0.15, 0.2) is 0 Å². The van der Waals surface area contributed by atoms with E-state index in [4.69, 9.17) is 5.73 Å². The van der Waals surface area contributed by atoms with Gasteiger partial charge in [-0.25, -0.2) is 0 Å². The molecular weight excluding hydrogens is 298 g/mol. The van der Waals surface area contributed by atoms with Crippen LogP contribution < -0.4 is 10.5 Å². The van der Waals surface area contributed by atoms with Gasteiger partial charge in [-0.15, -0.1) is 19.0 Å². The van der Waals surface area contributed by atoms with Crippen LogP contribution in [-0.2, 0) is 0 Å². The molecule has 114 valence electrons. The number of benzene rings is 1. The molecule has 0 amide bonds. The van der Waals surface area contributed by atoms with E-state index in [2.05, 4.69) is 11.3 Å². The topological polar surface area (TPSA) is 35.2 Å². The third-order valence-corrected chi connectivity index (χ3v) is 2.50. The molecule has 1 atom stereocenters. The number of alkyl halides is 4. The van der Waals surface area contributed by atoms with E-state index in [1.54, 1.807) is 12.1 Å². The third-order valence-electron chi connectivity index (χ3n) is 2.50. The van der Waals surface area contributed by atoms with Crippen LogP contribution >= 0.6 is 12.4 Å². The molecule has 0 aliphatic carbocycles. The van der Waals surface area contributed by atoms with E-state index >= 15 is 0 Å². The first-order chi connectivity index (χ1) is 8.88. The molecule has 0 fully saturated rings. The lowest BCUT2D eigenvalue weighted by Gasteiger charge is -2.21. The van der Waals surface area contributed by atoms with Crippen molar-refractivity contribution in [2.75, 3.05) is 0 Å². The molecule has 0 radical (unpaired) electrons. The van der Waals surface area contributed by atoms with Crippen LogP contribution in [0.15, 0.2) is 36.9 Å². The van der Waals surface area contributed by atoms with E-state index in [1.807, 2.05) is 0 Å². The fourth-order valence-electron chi connectivity index (χ4n) is 1.52. The Balaban J connectivity index is 0.00000361. The summed E-state index contributed by atoms with van der Waals surface area (Å²) in [6.07, 6.45) is -5.75. The van der Waals surface area contributed by atoms with Gasteiger partial charge in [-0.2, -0.15) is 17.6 Å². The van der Waals surface area contributed by atoms with Crippen molar-refractivity contribution in [3.8, 4) is 5.75 Å². The summed E-state index contributed by atoms with van der Waals surface area (Å²) in [5.41, 5.74) is 6.08. The molecule has 0 aromatic heterocycles. The molecule has 2 nitrogen and oxygen atoms in total. The fourth-order valence-corrected chi connectivity index (χ4v) is 1.52. The summed E-state index contributed by atoms with van der Waals surface area (Å²) in [6.45, 7) is 3.53. The number of hydrogen-bond acceptors (Lipinski definition) is 2. The molecule has 1 aromatic carbocycles. The Morgan fingerprint density at radius 3 is 2.45 bits per heavy atom. The van der Waals surface area contributed by atoms with Gasteiger partial charge in [0.05, 0.1) is 0 Å². The van der Waals surface area contributed by atoms with Crippen molar-refractivity contribution >= 4 is 12.4 Å². The summed E-state index contributed by atoms with van der Waals surface area (Å²) in [6, 6.07) is 5.09. The smallest absolute Gasteiger partial charge is 0.428 e. The average Bonchev–Trinajstić information content (AvgIpc) is 2.36. The molecule has 0 saturated heterocycles. The minimum Gasteiger partial charge on any atom is -0.428 e. The Hall–Kier alpha value is -1.27. The van der Waals surface area contributed by atoms with Crippen molar-refractivity contribution in [2.24, 2.45) is 5.73 Å². The first kappa shape index (κ1) is 18.7. The zero-order valence-corrected chi connectivity index (χ0v) is 11.4. The van der Waals surface area contributed by atoms with Crippen LogP contribution in [0.2, 0.25) is 0 Å². The maximum atomic E-state index is 12.9. The van der Waals surface area contributed by atoms with E-state index in [9.17, 15) is 17.6 Å². The summed E-state index contributed by atoms with van der Waals surface area (Å²) < 4.78 is 54.1. The van der Waals surface area contributed by atoms with Crippen molar-refractivity contribution < 1.29 is 22.3 Å². The molecule has 0 heterocycles. The van der Waals surface area contributed by atoms with Crippen LogP contribution in [0.5, 0.6) is 5.75 Å². The molecule has 0 saturated carbocycles. The molecule has 1 aromatic rings. The van der Waals surface area contributed by atoms with Crippen molar-refractivity contribution in [3.05, 3.63) is 42.5 Å². The summed E-state index contributed by atoms with van der Waals surface area (Å²) in [5, 5.41) is 0. The molecular formula is C13H16ClF4NO. The van der Waals surface area contributed by atoms with E-state index in [0.717, 1.165) is 0 Å². The standard InChI is InChI=1S/C13H15F4NO.ClH/c1-2-3-7-10(18)9-6-4-5-8-11(9)19-13(16,17)12(14)15;/h2,4-6,8,10,12H,1,3,7,18H2;1H/t10-;/m1./s1. The second-order valence-electron chi connectivity index (χ2n) is 3.97. The molecule has 20 heavy (non-hydrogen) atoms. The zero-order chi connectivity index (χ0) is 14.5. The summed E-state index contributed by atoms with van der Waals surface area (Å²) in [7, 11) is 0. The number of hydrogen-bond donors (Lipinski definition) is 1. The van der Waals surface area contributed by atoms with E-state index in [1.165, 1.54) is 18.2 Å². The van der Waals surface area contributed by atoms with Crippen molar-refractivity contribution in [3.63, 3.8) is 0 Å². The summed E-state index contributed by atoms with van der Waals surface area (Å²) >= 11 is 0. The lowest BCUT2D eigenvalue weighted by molar-refractivity contribution is -0.253. The third kappa shape index (κ3) is 5.02. The largest absolute Gasteiger partial charge is 0.461 e. The highest BCUT2D eigenvalue weighted by Crippen LogP contribution is 2.33. The SMILES string of the molecule is C=CCC[C@@H](N)c1ccccc1OC(F)(F)C(F)F.Cl. The molecule has 1 rings (SSSR count). The highest BCUT2D eigenvalue weighted by Gasteiger charge is 2.44. The zero-order valence-electron chi connectivity index (χ0n) is 10.6. The number of halogens is 5. The Bertz CT molecular complexity index is 429. The second-order valence-corrected chi connectivity index (χ2v) is 3.97. The van der Waals surface area contributed by atoms with Gasteiger partial charge in [0.2, 0.25) is 0 Å². The van der Waals surface area contributed by atoms with Gasteiger partial charge in [0.25, 0.3) is 0 Å². The Morgan fingerprint density at radius 2 is 1.90 bits per heavy atom. The van der Waals surface area contributed by atoms with Crippen molar-refractivity contribution in [1.82, 2.24) is 0 Å². The van der Waals surface area contributed by atoms with Gasteiger partial charge < -0.3 is 10.5 Å².